The van der Waals surface area contributed by atoms with Crippen LogP contribution in [0.3, 0.4) is 0 Å². The number of unbranched alkanes of at least 4 members (excludes halogenated alkanes) is 2. The molecule has 1 rings (SSSR count). The van der Waals surface area contributed by atoms with Gasteiger partial charge in [0.15, 0.2) is 0 Å². The van der Waals surface area contributed by atoms with Gasteiger partial charge in [-0.05, 0) is 36.9 Å². The lowest BCUT2D eigenvalue weighted by molar-refractivity contribution is 0.248. The van der Waals surface area contributed by atoms with E-state index in [9.17, 15) is 0 Å². The van der Waals surface area contributed by atoms with Gasteiger partial charge in [0.1, 0.15) is 5.75 Å². The van der Waals surface area contributed by atoms with Crippen LogP contribution in [0, 0.1) is 5.41 Å². The Bertz CT molecular complexity index is 342. The molecule has 0 saturated carbocycles. The van der Waals surface area contributed by atoms with E-state index >= 15 is 0 Å². The molecule has 1 unspecified atom stereocenters. The second-order valence-corrected chi connectivity index (χ2v) is 6.49. The van der Waals surface area contributed by atoms with Crippen LogP contribution in [-0.2, 0) is 0 Å². The highest BCUT2D eigenvalue weighted by atomic mass is 16.5. The molecule has 0 aromatic heterocycles. The topological polar surface area (TPSA) is 21.3 Å². The van der Waals surface area contributed by atoms with Gasteiger partial charge >= 0.3 is 0 Å². The number of hydrogen-bond acceptors (Lipinski definition) is 2. The molecule has 0 aliphatic heterocycles. The van der Waals surface area contributed by atoms with Gasteiger partial charge < -0.3 is 10.1 Å². The fourth-order valence-corrected chi connectivity index (χ4v) is 2.42. The number of benzene rings is 1. The van der Waals surface area contributed by atoms with E-state index in [2.05, 4.69) is 33.0 Å². The van der Waals surface area contributed by atoms with E-state index in [1.807, 2.05) is 30.3 Å². The molecular weight excluding hydrogens is 246 g/mol. The van der Waals surface area contributed by atoms with Crippen molar-refractivity contribution in [3.05, 3.63) is 30.3 Å². The minimum Gasteiger partial charge on any atom is -0.494 e. The normalized spacial score (nSPS) is 13.2. The molecule has 0 amide bonds. The van der Waals surface area contributed by atoms with Crippen molar-refractivity contribution in [1.82, 2.24) is 5.32 Å². The first kappa shape index (κ1) is 17.0. The van der Waals surface area contributed by atoms with Crippen molar-refractivity contribution in [2.24, 2.45) is 5.41 Å². The first-order valence-electron chi connectivity index (χ1n) is 7.95. The van der Waals surface area contributed by atoms with Crippen LogP contribution in [0.4, 0.5) is 0 Å². The third-order valence-corrected chi connectivity index (χ3v) is 3.64. The second kappa shape index (κ2) is 9.02. The van der Waals surface area contributed by atoms with Gasteiger partial charge in [-0.15, -0.1) is 0 Å². The molecule has 0 heterocycles. The monoisotopic (exact) mass is 277 g/mol. The first-order chi connectivity index (χ1) is 9.54. The Balaban J connectivity index is 2.11. The summed E-state index contributed by atoms with van der Waals surface area (Å²) in [7, 11) is 0. The van der Waals surface area contributed by atoms with Gasteiger partial charge in [0.25, 0.3) is 0 Å². The van der Waals surface area contributed by atoms with E-state index in [-0.39, 0.29) is 0 Å². The average molecular weight is 277 g/mol. The standard InChI is InChI=1S/C18H31NO/c1-5-19-17(18(2,3)4)14-10-7-11-15-20-16-12-8-6-9-13-16/h6,8-9,12-13,17,19H,5,7,10-11,14-15H2,1-4H3. The van der Waals surface area contributed by atoms with Crippen molar-refractivity contribution in [2.75, 3.05) is 13.2 Å². The molecule has 0 spiro atoms. The lowest BCUT2D eigenvalue weighted by Gasteiger charge is -2.31. The Kier molecular flexibility index (Phi) is 7.68. The smallest absolute Gasteiger partial charge is 0.119 e. The molecule has 0 aliphatic rings. The van der Waals surface area contributed by atoms with Gasteiger partial charge in [-0.3, -0.25) is 0 Å². The van der Waals surface area contributed by atoms with Crippen molar-refractivity contribution >= 4 is 0 Å². The summed E-state index contributed by atoms with van der Waals surface area (Å²) in [5.74, 6) is 0.979. The zero-order valence-corrected chi connectivity index (χ0v) is 13.6. The zero-order valence-electron chi connectivity index (χ0n) is 13.6. The predicted molar refractivity (Wildman–Crippen MR) is 87.3 cm³/mol. The maximum absolute atomic E-state index is 5.71. The summed E-state index contributed by atoms with van der Waals surface area (Å²) >= 11 is 0. The highest BCUT2D eigenvalue weighted by molar-refractivity contribution is 5.20. The highest BCUT2D eigenvalue weighted by Gasteiger charge is 2.22. The zero-order chi connectivity index (χ0) is 14.8. The molecule has 0 radical (unpaired) electrons. The Morgan fingerprint density at radius 3 is 2.35 bits per heavy atom. The summed E-state index contributed by atoms with van der Waals surface area (Å²) in [6.07, 6.45) is 4.90. The van der Waals surface area contributed by atoms with E-state index in [0.717, 1.165) is 25.3 Å². The van der Waals surface area contributed by atoms with E-state index < -0.39 is 0 Å². The third kappa shape index (κ3) is 6.95. The van der Waals surface area contributed by atoms with E-state index in [1.165, 1.54) is 19.3 Å². The van der Waals surface area contributed by atoms with Crippen molar-refractivity contribution in [1.29, 1.82) is 0 Å². The summed E-state index contributed by atoms with van der Waals surface area (Å²) in [4.78, 5) is 0. The maximum atomic E-state index is 5.71. The minimum absolute atomic E-state index is 0.344. The summed E-state index contributed by atoms with van der Waals surface area (Å²) in [6, 6.07) is 10.7. The molecule has 0 saturated heterocycles. The van der Waals surface area contributed by atoms with E-state index in [0.29, 0.717) is 11.5 Å². The molecule has 0 bridgehead atoms. The Morgan fingerprint density at radius 2 is 1.75 bits per heavy atom. The van der Waals surface area contributed by atoms with Gasteiger partial charge in [0, 0.05) is 6.04 Å². The van der Waals surface area contributed by atoms with Crippen molar-refractivity contribution < 1.29 is 4.74 Å². The Morgan fingerprint density at radius 1 is 1.05 bits per heavy atom. The molecule has 1 aromatic carbocycles. The molecule has 1 aromatic rings. The Hall–Kier alpha value is -1.02. The molecular formula is C18H31NO. The molecule has 20 heavy (non-hydrogen) atoms. The molecule has 0 fully saturated rings. The molecule has 0 aliphatic carbocycles. The van der Waals surface area contributed by atoms with Crippen LogP contribution in [0.15, 0.2) is 30.3 Å². The maximum Gasteiger partial charge on any atom is 0.119 e. The minimum atomic E-state index is 0.344. The van der Waals surface area contributed by atoms with Gasteiger partial charge in [0.2, 0.25) is 0 Å². The fraction of sp³-hybridized carbons (Fsp3) is 0.667. The summed E-state index contributed by atoms with van der Waals surface area (Å²) in [6.45, 7) is 11.0. The molecule has 2 heteroatoms. The quantitative estimate of drug-likeness (QED) is 0.663. The molecule has 2 nitrogen and oxygen atoms in total. The number of hydrogen-bond donors (Lipinski definition) is 1. The number of rotatable bonds is 9. The van der Waals surface area contributed by atoms with Crippen molar-refractivity contribution in [3.63, 3.8) is 0 Å². The van der Waals surface area contributed by atoms with Crippen LogP contribution in [-0.4, -0.2) is 19.2 Å². The average Bonchev–Trinajstić information content (AvgIpc) is 2.41. The number of para-hydroxylation sites is 1. The van der Waals surface area contributed by atoms with Crippen LogP contribution >= 0.6 is 0 Å². The molecule has 1 atom stereocenters. The van der Waals surface area contributed by atoms with Crippen molar-refractivity contribution in [2.45, 2.75) is 59.4 Å². The number of nitrogens with one attached hydrogen (secondary N) is 1. The number of ether oxygens (including phenoxy) is 1. The van der Waals surface area contributed by atoms with Crippen LogP contribution < -0.4 is 10.1 Å². The van der Waals surface area contributed by atoms with Crippen LogP contribution in [0.25, 0.3) is 0 Å². The second-order valence-electron chi connectivity index (χ2n) is 6.49. The molecule has 1 N–H and O–H groups in total. The fourth-order valence-electron chi connectivity index (χ4n) is 2.42. The van der Waals surface area contributed by atoms with Crippen LogP contribution in [0.5, 0.6) is 5.75 Å². The van der Waals surface area contributed by atoms with Gasteiger partial charge in [0.05, 0.1) is 6.61 Å². The van der Waals surface area contributed by atoms with Gasteiger partial charge in [-0.2, -0.15) is 0 Å². The largest absolute Gasteiger partial charge is 0.494 e. The third-order valence-electron chi connectivity index (χ3n) is 3.64. The summed E-state index contributed by atoms with van der Waals surface area (Å²) in [5.41, 5.74) is 0.344. The first-order valence-corrected chi connectivity index (χ1v) is 7.95. The van der Waals surface area contributed by atoms with Crippen LogP contribution in [0.1, 0.15) is 53.4 Å². The van der Waals surface area contributed by atoms with E-state index in [1.54, 1.807) is 0 Å². The van der Waals surface area contributed by atoms with E-state index in [4.69, 9.17) is 4.74 Å². The van der Waals surface area contributed by atoms with Crippen LogP contribution in [0.2, 0.25) is 0 Å². The van der Waals surface area contributed by atoms with Gasteiger partial charge in [-0.1, -0.05) is 58.7 Å². The predicted octanol–water partition coefficient (Wildman–Crippen LogP) is 4.65. The van der Waals surface area contributed by atoms with Crippen molar-refractivity contribution in [3.8, 4) is 5.75 Å². The summed E-state index contributed by atoms with van der Waals surface area (Å²) < 4.78 is 5.71. The lowest BCUT2D eigenvalue weighted by atomic mass is 9.83. The lowest BCUT2D eigenvalue weighted by Crippen LogP contribution is -2.40. The van der Waals surface area contributed by atoms with Gasteiger partial charge in [-0.25, -0.2) is 0 Å². The molecule has 114 valence electrons. The Labute approximate surface area is 124 Å². The summed E-state index contributed by atoms with van der Waals surface area (Å²) in [5, 5.41) is 3.61. The highest BCUT2D eigenvalue weighted by Crippen LogP contribution is 2.23. The SMILES string of the molecule is CCNC(CCCCCOc1ccccc1)C(C)(C)C.